The smallest absolute Gasteiger partial charge is 0.256 e. The molecule has 0 aliphatic rings. The summed E-state index contributed by atoms with van der Waals surface area (Å²) < 4.78 is 25.4. The number of rotatable bonds is 3. The maximum atomic E-state index is 12.7. The van der Waals surface area contributed by atoms with E-state index < -0.39 is 6.43 Å². The fourth-order valence-corrected chi connectivity index (χ4v) is 1.62. The number of nitrogens with zero attached hydrogens (tertiary/aromatic N) is 2. The van der Waals surface area contributed by atoms with Crippen LogP contribution in [0.1, 0.15) is 28.9 Å². The second-order valence-corrected chi connectivity index (χ2v) is 3.32. The van der Waals surface area contributed by atoms with Crippen LogP contribution in [0.4, 0.5) is 8.78 Å². The van der Waals surface area contributed by atoms with Crippen LogP contribution in [0.15, 0.2) is 6.07 Å². The van der Waals surface area contributed by atoms with Gasteiger partial charge in [0.25, 0.3) is 6.43 Å². The summed E-state index contributed by atoms with van der Waals surface area (Å²) in [5.74, 6) is -0.0697. The summed E-state index contributed by atoms with van der Waals surface area (Å²) in [5.41, 5.74) is 0.880. The number of aryl methyl sites for hydroxylation is 1. The van der Waals surface area contributed by atoms with E-state index in [9.17, 15) is 8.78 Å². The molecular formula is C10H9ClF2N2. The van der Waals surface area contributed by atoms with Crippen molar-refractivity contribution in [2.24, 2.45) is 0 Å². The Morgan fingerprint density at radius 2 is 2.27 bits per heavy atom. The SMILES string of the molecule is Cc1cc(CC#N)c(C(F)F)c(CCl)n1. The predicted octanol–water partition coefficient (Wildman–Crippen LogP) is 3.13. The standard InChI is InChI=1S/C10H9ClF2N2/c1-6-4-7(2-3-14)9(10(12)13)8(5-11)15-6/h4,10H,2,5H2,1H3. The molecule has 0 aliphatic carbocycles. The fraction of sp³-hybridized carbons (Fsp3) is 0.400. The average Bonchev–Trinajstić information content (AvgIpc) is 2.16. The lowest BCUT2D eigenvalue weighted by molar-refractivity contribution is 0.149. The molecule has 0 atom stereocenters. The molecule has 0 amide bonds. The largest absolute Gasteiger partial charge is 0.265 e. The van der Waals surface area contributed by atoms with Crippen molar-refractivity contribution in [2.45, 2.75) is 25.7 Å². The van der Waals surface area contributed by atoms with Crippen LogP contribution in [0.25, 0.3) is 0 Å². The van der Waals surface area contributed by atoms with Crippen LogP contribution in [0.2, 0.25) is 0 Å². The molecule has 1 aromatic rings. The Balaban J connectivity index is 3.34. The van der Waals surface area contributed by atoms with Gasteiger partial charge in [0.05, 0.1) is 24.1 Å². The minimum atomic E-state index is -2.64. The van der Waals surface area contributed by atoms with E-state index in [4.69, 9.17) is 16.9 Å². The van der Waals surface area contributed by atoms with E-state index in [2.05, 4.69) is 4.98 Å². The highest BCUT2D eigenvalue weighted by molar-refractivity contribution is 6.17. The number of hydrogen-bond donors (Lipinski definition) is 0. The number of aromatic nitrogens is 1. The van der Waals surface area contributed by atoms with Crippen LogP contribution in [-0.4, -0.2) is 4.98 Å². The molecule has 80 valence electrons. The molecule has 1 aromatic heterocycles. The molecule has 0 spiro atoms. The Morgan fingerprint density at radius 1 is 1.60 bits per heavy atom. The maximum Gasteiger partial charge on any atom is 0.265 e. The molecule has 0 unspecified atom stereocenters. The van der Waals surface area contributed by atoms with Crippen molar-refractivity contribution < 1.29 is 8.78 Å². The monoisotopic (exact) mass is 230 g/mol. The molecule has 0 fully saturated rings. The van der Waals surface area contributed by atoms with Crippen molar-refractivity contribution >= 4 is 11.6 Å². The van der Waals surface area contributed by atoms with Crippen molar-refractivity contribution in [2.75, 3.05) is 0 Å². The molecule has 15 heavy (non-hydrogen) atoms. The van der Waals surface area contributed by atoms with E-state index in [1.165, 1.54) is 6.07 Å². The molecule has 1 rings (SSSR count). The first-order valence-electron chi connectivity index (χ1n) is 4.30. The van der Waals surface area contributed by atoms with Gasteiger partial charge in [-0.25, -0.2) is 8.78 Å². The zero-order valence-electron chi connectivity index (χ0n) is 8.10. The first kappa shape index (κ1) is 11.9. The van der Waals surface area contributed by atoms with Gasteiger partial charge in [-0.3, -0.25) is 4.98 Å². The molecule has 0 saturated carbocycles. The second-order valence-electron chi connectivity index (χ2n) is 3.05. The number of alkyl halides is 3. The number of pyridine rings is 1. The van der Waals surface area contributed by atoms with E-state index in [0.29, 0.717) is 11.3 Å². The van der Waals surface area contributed by atoms with Gasteiger partial charge in [-0.05, 0) is 18.6 Å². The third-order valence-electron chi connectivity index (χ3n) is 1.97. The Bertz CT molecular complexity index is 399. The Hall–Kier alpha value is -1.21. The molecule has 2 nitrogen and oxygen atoms in total. The molecule has 0 radical (unpaired) electrons. The van der Waals surface area contributed by atoms with Gasteiger partial charge < -0.3 is 0 Å². The summed E-state index contributed by atoms with van der Waals surface area (Å²) in [6.45, 7) is 1.69. The molecule has 1 heterocycles. The summed E-state index contributed by atoms with van der Waals surface area (Å²) >= 11 is 5.54. The first-order chi connectivity index (χ1) is 7.10. The van der Waals surface area contributed by atoms with Gasteiger partial charge in [-0.1, -0.05) is 0 Å². The topological polar surface area (TPSA) is 36.7 Å². The molecular weight excluding hydrogens is 222 g/mol. The van der Waals surface area contributed by atoms with Crippen LogP contribution in [0, 0.1) is 18.3 Å². The normalized spacial score (nSPS) is 10.4. The van der Waals surface area contributed by atoms with E-state index in [-0.39, 0.29) is 23.6 Å². The summed E-state index contributed by atoms with van der Waals surface area (Å²) in [4.78, 5) is 3.93. The third-order valence-corrected chi connectivity index (χ3v) is 2.22. The second kappa shape index (κ2) is 5.04. The lowest BCUT2D eigenvalue weighted by Gasteiger charge is -2.11. The summed E-state index contributed by atoms with van der Waals surface area (Å²) in [6, 6.07) is 3.35. The van der Waals surface area contributed by atoms with Gasteiger partial charge in [-0.2, -0.15) is 5.26 Å². The van der Waals surface area contributed by atoms with Crippen LogP contribution >= 0.6 is 11.6 Å². The van der Waals surface area contributed by atoms with E-state index in [1.54, 1.807) is 6.92 Å². The molecule has 0 bridgehead atoms. The van der Waals surface area contributed by atoms with E-state index >= 15 is 0 Å². The highest BCUT2D eigenvalue weighted by Gasteiger charge is 2.19. The zero-order valence-corrected chi connectivity index (χ0v) is 8.85. The van der Waals surface area contributed by atoms with Crippen LogP contribution in [-0.2, 0) is 12.3 Å². The van der Waals surface area contributed by atoms with Crippen molar-refractivity contribution in [3.63, 3.8) is 0 Å². The lowest BCUT2D eigenvalue weighted by atomic mass is 10.0. The highest BCUT2D eigenvalue weighted by atomic mass is 35.5. The lowest BCUT2D eigenvalue weighted by Crippen LogP contribution is -2.04. The minimum Gasteiger partial charge on any atom is -0.256 e. The predicted molar refractivity (Wildman–Crippen MR) is 52.8 cm³/mol. The molecule has 5 heteroatoms. The van der Waals surface area contributed by atoms with E-state index in [0.717, 1.165) is 0 Å². The average molecular weight is 231 g/mol. The van der Waals surface area contributed by atoms with Crippen LogP contribution in [0.3, 0.4) is 0 Å². The van der Waals surface area contributed by atoms with E-state index in [1.807, 2.05) is 6.07 Å². The number of nitriles is 1. The summed E-state index contributed by atoms with van der Waals surface area (Å²) in [6.07, 6.45) is -2.69. The molecule has 0 aliphatic heterocycles. The van der Waals surface area contributed by atoms with Crippen molar-refractivity contribution in [3.05, 3.63) is 28.6 Å². The Kier molecular flexibility index (Phi) is 3.98. The van der Waals surface area contributed by atoms with Crippen molar-refractivity contribution in [1.82, 2.24) is 4.98 Å². The minimum absolute atomic E-state index is 0.0487. The third kappa shape index (κ3) is 2.63. The van der Waals surface area contributed by atoms with Gasteiger partial charge in [0, 0.05) is 11.3 Å². The van der Waals surface area contributed by atoms with Gasteiger partial charge >= 0.3 is 0 Å². The first-order valence-corrected chi connectivity index (χ1v) is 4.84. The van der Waals surface area contributed by atoms with Gasteiger partial charge in [0.15, 0.2) is 0 Å². The van der Waals surface area contributed by atoms with Crippen molar-refractivity contribution in [1.29, 1.82) is 5.26 Å². The van der Waals surface area contributed by atoms with Gasteiger partial charge in [0.2, 0.25) is 0 Å². The Morgan fingerprint density at radius 3 is 2.73 bits per heavy atom. The quantitative estimate of drug-likeness (QED) is 0.748. The fourth-order valence-electron chi connectivity index (χ4n) is 1.42. The number of halogens is 3. The van der Waals surface area contributed by atoms with Crippen LogP contribution < -0.4 is 0 Å². The highest BCUT2D eigenvalue weighted by Crippen LogP contribution is 2.27. The van der Waals surface area contributed by atoms with Crippen LogP contribution in [0.5, 0.6) is 0 Å². The summed E-state index contributed by atoms with van der Waals surface area (Å²) in [5, 5.41) is 8.53. The zero-order chi connectivity index (χ0) is 11.4. The maximum absolute atomic E-state index is 12.7. The molecule has 0 N–H and O–H groups in total. The summed E-state index contributed by atoms with van der Waals surface area (Å²) in [7, 11) is 0. The van der Waals surface area contributed by atoms with Gasteiger partial charge in [0.1, 0.15) is 0 Å². The number of hydrogen-bond acceptors (Lipinski definition) is 2. The van der Waals surface area contributed by atoms with Crippen molar-refractivity contribution in [3.8, 4) is 6.07 Å². The molecule has 0 saturated heterocycles. The molecule has 0 aromatic carbocycles. The Labute approximate surface area is 91.5 Å². The van der Waals surface area contributed by atoms with Gasteiger partial charge in [-0.15, -0.1) is 11.6 Å².